The van der Waals surface area contributed by atoms with Crippen molar-refractivity contribution in [1.82, 2.24) is 9.55 Å². The van der Waals surface area contributed by atoms with Gasteiger partial charge in [0.15, 0.2) is 10.9 Å². The number of benzene rings is 1. The molecule has 1 aromatic carbocycles. The third-order valence-electron chi connectivity index (χ3n) is 3.08. The van der Waals surface area contributed by atoms with Gasteiger partial charge in [-0.25, -0.2) is 4.98 Å². The molecule has 0 unspecified atom stereocenters. The number of imidazole rings is 1. The summed E-state index contributed by atoms with van der Waals surface area (Å²) in [6.45, 7) is 2.38. The SMILES string of the molecule is CC(=O)c1c(-c2cccc(C#N)c2)nc2n1CCS2. The van der Waals surface area contributed by atoms with Crippen LogP contribution in [0.5, 0.6) is 0 Å². The quantitative estimate of drug-likeness (QED) is 0.786. The van der Waals surface area contributed by atoms with Crippen molar-refractivity contribution in [3.05, 3.63) is 35.5 Å². The highest BCUT2D eigenvalue weighted by atomic mass is 32.2. The molecular weight excluding hydrogens is 258 g/mol. The Balaban J connectivity index is 2.20. The number of Topliss-reactive ketones (excluding diaryl/α,β-unsaturated/α-hetero) is 1. The van der Waals surface area contributed by atoms with E-state index in [2.05, 4.69) is 11.1 Å². The maximum Gasteiger partial charge on any atom is 0.178 e. The Morgan fingerprint density at radius 1 is 1.53 bits per heavy atom. The highest BCUT2D eigenvalue weighted by molar-refractivity contribution is 7.99. The van der Waals surface area contributed by atoms with Crippen LogP contribution in [0.1, 0.15) is 23.0 Å². The summed E-state index contributed by atoms with van der Waals surface area (Å²) in [5.74, 6) is 0.972. The van der Waals surface area contributed by atoms with Crippen LogP contribution in [0.15, 0.2) is 29.4 Å². The molecule has 2 aromatic rings. The molecule has 0 saturated carbocycles. The molecule has 2 heterocycles. The summed E-state index contributed by atoms with van der Waals surface area (Å²) < 4.78 is 1.97. The normalized spacial score (nSPS) is 13.1. The zero-order valence-electron chi connectivity index (χ0n) is 10.4. The Morgan fingerprint density at radius 2 is 2.37 bits per heavy atom. The minimum Gasteiger partial charge on any atom is -0.315 e. The first-order chi connectivity index (χ1) is 9.20. The summed E-state index contributed by atoms with van der Waals surface area (Å²) in [6, 6.07) is 9.33. The Bertz CT molecular complexity index is 712. The van der Waals surface area contributed by atoms with E-state index in [0.29, 0.717) is 17.0 Å². The Labute approximate surface area is 115 Å². The zero-order valence-corrected chi connectivity index (χ0v) is 11.2. The maximum atomic E-state index is 11.9. The Hall–Kier alpha value is -2.06. The van der Waals surface area contributed by atoms with Crippen molar-refractivity contribution in [2.45, 2.75) is 18.6 Å². The summed E-state index contributed by atoms with van der Waals surface area (Å²) in [7, 11) is 0. The van der Waals surface area contributed by atoms with Gasteiger partial charge in [-0.05, 0) is 12.1 Å². The molecule has 0 spiro atoms. The number of aromatic nitrogens is 2. The Kier molecular flexibility index (Phi) is 2.88. The second kappa shape index (κ2) is 4.56. The Morgan fingerprint density at radius 3 is 3.11 bits per heavy atom. The van der Waals surface area contributed by atoms with Gasteiger partial charge in [-0.3, -0.25) is 4.79 Å². The van der Waals surface area contributed by atoms with Crippen molar-refractivity contribution in [2.24, 2.45) is 0 Å². The van der Waals surface area contributed by atoms with E-state index in [-0.39, 0.29) is 5.78 Å². The highest BCUT2D eigenvalue weighted by Crippen LogP contribution is 2.33. The maximum absolute atomic E-state index is 11.9. The van der Waals surface area contributed by atoms with E-state index in [1.807, 2.05) is 16.7 Å². The van der Waals surface area contributed by atoms with Crippen molar-refractivity contribution in [2.75, 3.05) is 5.75 Å². The number of carbonyl (C=O) groups is 1. The van der Waals surface area contributed by atoms with Crippen LogP contribution < -0.4 is 0 Å². The number of rotatable bonds is 2. The van der Waals surface area contributed by atoms with Gasteiger partial charge in [0.2, 0.25) is 0 Å². The van der Waals surface area contributed by atoms with Crippen LogP contribution in [0.25, 0.3) is 11.3 Å². The molecule has 94 valence electrons. The standard InChI is InChI=1S/C14H11N3OS/c1-9(18)13-12(16-14-17(13)5-6-19-14)11-4-2-3-10(7-11)8-15/h2-4,7H,5-6H2,1H3. The molecule has 1 aliphatic heterocycles. The van der Waals surface area contributed by atoms with Gasteiger partial charge in [-0.1, -0.05) is 23.9 Å². The van der Waals surface area contributed by atoms with E-state index in [9.17, 15) is 4.79 Å². The molecule has 0 atom stereocenters. The van der Waals surface area contributed by atoms with E-state index in [0.717, 1.165) is 23.0 Å². The van der Waals surface area contributed by atoms with Gasteiger partial charge >= 0.3 is 0 Å². The first-order valence-corrected chi connectivity index (χ1v) is 6.94. The number of thioether (sulfide) groups is 1. The van der Waals surface area contributed by atoms with Crippen molar-refractivity contribution < 1.29 is 4.79 Å². The number of fused-ring (bicyclic) bond motifs is 1. The fourth-order valence-corrected chi connectivity index (χ4v) is 3.22. The number of nitrogens with zero attached hydrogens (tertiary/aromatic N) is 3. The third kappa shape index (κ3) is 1.94. The summed E-state index contributed by atoms with van der Waals surface area (Å²) in [4.78, 5) is 16.4. The van der Waals surface area contributed by atoms with Crippen molar-refractivity contribution in [3.63, 3.8) is 0 Å². The largest absolute Gasteiger partial charge is 0.315 e. The molecule has 19 heavy (non-hydrogen) atoms. The molecule has 0 aliphatic carbocycles. The van der Waals surface area contributed by atoms with Crippen molar-refractivity contribution >= 4 is 17.5 Å². The lowest BCUT2D eigenvalue weighted by Crippen LogP contribution is -2.06. The lowest BCUT2D eigenvalue weighted by atomic mass is 10.1. The van der Waals surface area contributed by atoms with E-state index < -0.39 is 0 Å². The van der Waals surface area contributed by atoms with E-state index >= 15 is 0 Å². The zero-order chi connectivity index (χ0) is 13.4. The molecule has 3 rings (SSSR count). The van der Waals surface area contributed by atoms with Crippen LogP contribution in [-0.2, 0) is 6.54 Å². The van der Waals surface area contributed by atoms with Crippen molar-refractivity contribution in [1.29, 1.82) is 5.26 Å². The van der Waals surface area contributed by atoms with Crippen LogP contribution in [-0.4, -0.2) is 21.1 Å². The van der Waals surface area contributed by atoms with Crippen LogP contribution in [0.2, 0.25) is 0 Å². The average Bonchev–Trinajstić information content (AvgIpc) is 2.98. The average molecular weight is 269 g/mol. The van der Waals surface area contributed by atoms with Gasteiger partial charge in [0.25, 0.3) is 0 Å². The molecule has 0 radical (unpaired) electrons. The number of ketones is 1. The molecule has 0 saturated heterocycles. The van der Waals surface area contributed by atoms with Gasteiger partial charge in [0.05, 0.1) is 11.6 Å². The first-order valence-electron chi connectivity index (χ1n) is 5.95. The molecular formula is C14H11N3OS. The summed E-state index contributed by atoms with van der Waals surface area (Å²) in [6.07, 6.45) is 0. The van der Waals surface area contributed by atoms with E-state index in [1.54, 1.807) is 30.8 Å². The molecule has 0 N–H and O–H groups in total. The number of nitriles is 1. The molecule has 1 aromatic heterocycles. The molecule has 0 bridgehead atoms. The smallest absolute Gasteiger partial charge is 0.178 e. The summed E-state index contributed by atoms with van der Waals surface area (Å²) in [5, 5.41) is 9.85. The minimum atomic E-state index is 0.0126. The van der Waals surface area contributed by atoms with Crippen LogP contribution >= 0.6 is 11.8 Å². The van der Waals surface area contributed by atoms with Crippen LogP contribution in [0.3, 0.4) is 0 Å². The van der Waals surface area contributed by atoms with Crippen molar-refractivity contribution in [3.8, 4) is 17.3 Å². The number of carbonyl (C=O) groups excluding carboxylic acids is 1. The second-order valence-electron chi connectivity index (χ2n) is 4.34. The third-order valence-corrected chi connectivity index (χ3v) is 4.03. The topological polar surface area (TPSA) is 58.7 Å². The van der Waals surface area contributed by atoms with Crippen LogP contribution in [0, 0.1) is 11.3 Å². The molecule has 0 amide bonds. The first kappa shape index (κ1) is 12.0. The summed E-state index contributed by atoms with van der Waals surface area (Å²) in [5.41, 5.74) is 2.74. The fraction of sp³-hybridized carbons (Fsp3) is 0.214. The predicted octanol–water partition coefficient (Wildman–Crippen LogP) is 2.73. The fourth-order valence-electron chi connectivity index (χ4n) is 2.27. The van der Waals surface area contributed by atoms with Crippen LogP contribution in [0.4, 0.5) is 0 Å². The molecule has 1 aliphatic rings. The predicted molar refractivity (Wildman–Crippen MR) is 73.1 cm³/mol. The lowest BCUT2D eigenvalue weighted by Gasteiger charge is -2.04. The highest BCUT2D eigenvalue weighted by Gasteiger charge is 2.25. The monoisotopic (exact) mass is 269 g/mol. The molecule has 5 heteroatoms. The molecule has 0 fully saturated rings. The van der Waals surface area contributed by atoms with Gasteiger partial charge in [0.1, 0.15) is 11.4 Å². The van der Waals surface area contributed by atoms with E-state index in [1.165, 1.54) is 0 Å². The molecule has 4 nitrogen and oxygen atoms in total. The second-order valence-corrected chi connectivity index (χ2v) is 5.40. The van der Waals surface area contributed by atoms with E-state index in [4.69, 9.17) is 5.26 Å². The van der Waals surface area contributed by atoms with Gasteiger partial charge < -0.3 is 4.57 Å². The summed E-state index contributed by atoms with van der Waals surface area (Å²) >= 11 is 1.66. The number of hydrogen-bond donors (Lipinski definition) is 0. The lowest BCUT2D eigenvalue weighted by molar-refractivity contribution is 0.100. The van der Waals surface area contributed by atoms with Gasteiger partial charge in [0, 0.05) is 24.8 Å². The number of hydrogen-bond acceptors (Lipinski definition) is 4. The van der Waals surface area contributed by atoms with Gasteiger partial charge in [-0.15, -0.1) is 0 Å². The minimum absolute atomic E-state index is 0.0126. The van der Waals surface area contributed by atoms with Gasteiger partial charge in [-0.2, -0.15) is 5.26 Å².